The Balaban J connectivity index is 1.55. The number of hydrogen-bond acceptors (Lipinski definition) is 4. The monoisotopic (exact) mass is 368 g/mol. The predicted molar refractivity (Wildman–Crippen MR) is 103 cm³/mol. The minimum atomic E-state index is -0.186. The van der Waals surface area contributed by atoms with Crippen molar-refractivity contribution in [3.8, 4) is 11.5 Å². The third-order valence-corrected chi connectivity index (χ3v) is 4.43. The molecule has 3 rings (SSSR count). The summed E-state index contributed by atoms with van der Waals surface area (Å²) in [6, 6.07) is 14.3. The number of anilines is 1. The maximum Gasteiger partial charge on any atom is 0.251 e. The number of nitrogens with one attached hydrogen (secondary N) is 1. The maximum absolute atomic E-state index is 12.5. The number of carbonyl (C=O) groups excluding carboxylic acids is 2. The third kappa shape index (κ3) is 4.78. The van der Waals surface area contributed by atoms with Gasteiger partial charge in [0.2, 0.25) is 5.91 Å². The lowest BCUT2D eigenvalue weighted by Gasteiger charge is -2.18. The van der Waals surface area contributed by atoms with Gasteiger partial charge in [0.15, 0.2) is 0 Å². The van der Waals surface area contributed by atoms with Gasteiger partial charge in [-0.1, -0.05) is 6.07 Å². The third-order valence-electron chi connectivity index (χ3n) is 4.43. The molecule has 0 saturated carbocycles. The highest BCUT2D eigenvalue weighted by molar-refractivity contribution is 5.99. The smallest absolute Gasteiger partial charge is 0.251 e. The van der Waals surface area contributed by atoms with Crippen LogP contribution in [0, 0.1) is 0 Å². The second-order valence-corrected chi connectivity index (χ2v) is 6.56. The largest absolute Gasteiger partial charge is 0.497 e. The van der Waals surface area contributed by atoms with Gasteiger partial charge in [-0.3, -0.25) is 9.59 Å². The van der Waals surface area contributed by atoms with E-state index in [2.05, 4.69) is 5.32 Å². The molecule has 0 spiro atoms. The van der Waals surface area contributed by atoms with Crippen LogP contribution < -0.4 is 19.7 Å². The standard InChI is InChI=1S/C21H24N2O4/c1-15(14-27-19-10-8-18(26-2)9-11-19)22-21(25)16-5-3-6-17(13-16)23-12-4-7-20(23)24/h3,5-6,8-11,13,15H,4,7,12,14H2,1-2H3,(H,22,25)/t15-/m0/s1. The summed E-state index contributed by atoms with van der Waals surface area (Å²) in [5, 5.41) is 2.93. The molecular weight excluding hydrogens is 344 g/mol. The van der Waals surface area contributed by atoms with Crippen LogP contribution in [0.4, 0.5) is 5.69 Å². The number of carbonyl (C=O) groups is 2. The second-order valence-electron chi connectivity index (χ2n) is 6.56. The molecule has 2 amide bonds. The van der Waals surface area contributed by atoms with Gasteiger partial charge in [-0.2, -0.15) is 0 Å². The first-order valence-corrected chi connectivity index (χ1v) is 9.05. The Hall–Kier alpha value is -3.02. The van der Waals surface area contributed by atoms with E-state index >= 15 is 0 Å². The fourth-order valence-electron chi connectivity index (χ4n) is 2.98. The van der Waals surface area contributed by atoms with E-state index in [1.165, 1.54) is 0 Å². The summed E-state index contributed by atoms with van der Waals surface area (Å²) < 4.78 is 10.8. The molecule has 0 radical (unpaired) electrons. The van der Waals surface area contributed by atoms with Gasteiger partial charge in [0.25, 0.3) is 5.91 Å². The van der Waals surface area contributed by atoms with Crippen LogP contribution in [0.3, 0.4) is 0 Å². The average Bonchev–Trinajstić information content (AvgIpc) is 3.13. The molecule has 1 aliphatic heterocycles. The van der Waals surface area contributed by atoms with E-state index in [9.17, 15) is 9.59 Å². The van der Waals surface area contributed by atoms with Gasteiger partial charge in [0.1, 0.15) is 18.1 Å². The summed E-state index contributed by atoms with van der Waals surface area (Å²) in [7, 11) is 1.61. The highest BCUT2D eigenvalue weighted by atomic mass is 16.5. The summed E-state index contributed by atoms with van der Waals surface area (Å²) >= 11 is 0. The number of hydrogen-bond donors (Lipinski definition) is 1. The molecule has 0 aliphatic carbocycles. The van der Waals surface area contributed by atoms with Gasteiger partial charge in [-0.25, -0.2) is 0 Å². The molecule has 0 unspecified atom stereocenters. The molecule has 0 bridgehead atoms. The van der Waals surface area contributed by atoms with Crippen molar-refractivity contribution < 1.29 is 19.1 Å². The summed E-state index contributed by atoms with van der Waals surface area (Å²) in [6.45, 7) is 2.94. The summed E-state index contributed by atoms with van der Waals surface area (Å²) in [5.41, 5.74) is 1.30. The molecule has 1 atom stereocenters. The van der Waals surface area contributed by atoms with E-state index in [0.717, 1.165) is 17.9 Å². The van der Waals surface area contributed by atoms with Crippen molar-refractivity contribution in [2.45, 2.75) is 25.8 Å². The zero-order chi connectivity index (χ0) is 19.2. The fourth-order valence-corrected chi connectivity index (χ4v) is 2.98. The van der Waals surface area contributed by atoms with E-state index in [-0.39, 0.29) is 17.9 Å². The minimum absolute atomic E-state index is 0.105. The Morgan fingerprint density at radius 3 is 2.59 bits per heavy atom. The Bertz CT molecular complexity index is 804. The Morgan fingerprint density at radius 2 is 1.93 bits per heavy atom. The molecule has 1 N–H and O–H groups in total. The normalized spacial score (nSPS) is 14.7. The minimum Gasteiger partial charge on any atom is -0.497 e. The zero-order valence-corrected chi connectivity index (χ0v) is 15.6. The molecule has 2 aromatic rings. The molecule has 1 fully saturated rings. The molecule has 6 heteroatoms. The Labute approximate surface area is 159 Å². The first kappa shape index (κ1) is 18.8. The van der Waals surface area contributed by atoms with Crippen LogP contribution in [0.2, 0.25) is 0 Å². The SMILES string of the molecule is COc1ccc(OC[C@H](C)NC(=O)c2cccc(N3CCCC3=O)c2)cc1. The van der Waals surface area contributed by atoms with Gasteiger partial charge in [-0.05, 0) is 55.8 Å². The summed E-state index contributed by atoms with van der Waals surface area (Å²) in [5.74, 6) is 1.40. The van der Waals surface area contributed by atoms with Crippen LogP contribution in [0.1, 0.15) is 30.1 Å². The van der Waals surface area contributed by atoms with Crippen molar-refractivity contribution in [3.63, 3.8) is 0 Å². The lowest BCUT2D eigenvalue weighted by Crippen LogP contribution is -2.36. The number of amides is 2. The molecule has 0 aromatic heterocycles. The maximum atomic E-state index is 12.5. The van der Waals surface area contributed by atoms with Crippen LogP contribution in [0.5, 0.6) is 11.5 Å². The van der Waals surface area contributed by atoms with E-state index in [1.54, 1.807) is 30.2 Å². The second kappa shape index (κ2) is 8.58. The van der Waals surface area contributed by atoms with Gasteiger partial charge in [0, 0.05) is 24.2 Å². The molecule has 1 aliphatic rings. The van der Waals surface area contributed by atoms with Crippen molar-refractivity contribution in [1.82, 2.24) is 5.32 Å². The van der Waals surface area contributed by atoms with E-state index < -0.39 is 0 Å². The van der Waals surface area contributed by atoms with Crippen molar-refractivity contribution in [1.29, 1.82) is 0 Å². The van der Waals surface area contributed by atoms with Gasteiger partial charge >= 0.3 is 0 Å². The highest BCUT2D eigenvalue weighted by Gasteiger charge is 2.22. The average molecular weight is 368 g/mol. The summed E-state index contributed by atoms with van der Waals surface area (Å²) in [4.78, 5) is 26.1. The predicted octanol–water partition coefficient (Wildman–Crippen LogP) is 3.02. The van der Waals surface area contributed by atoms with E-state index in [4.69, 9.17) is 9.47 Å². The fraction of sp³-hybridized carbons (Fsp3) is 0.333. The van der Waals surface area contributed by atoms with E-state index in [0.29, 0.717) is 30.9 Å². The van der Waals surface area contributed by atoms with Crippen molar-refractivity contribution in [2.24, 2.45) is 0 Å². The quantitative estimate of drug-likeness (QED) is 0.816. The number of methoxy groups -OCH3 is 1. The van der Waals surface area contributed by atoms with Crippen LogP contribution in [-0.2, 0) is 4.79 Å². The van der Waals surface area contributed by atoms with Gasteiger partial charge < -0.3 is 19.7 Å². The highest BCUT2D eigenvalue weighted by Crippen LogP contribution is 2.22. The molecule has 6 nitrogen and oxygen atoms in total. The van der Waals surface area contributed by atoms with Crippen molar-refractivity contribution in [2.75, 3.05) is 25.2 Å². The lowest BCUT2D eigenvalue weighted by atomic mass is 10.1. The zero-order valence-electron chi connectivity index (χ0n) is 15.6. The number of benzene rings is 2. The molecular formula is C21H24N2O4. The topological polar surface area (TPSA) is 67.9 Å². The Kier molecular flexibility index (Phi) is 5.96. The number of nitrogens with zero attached hydrogens (tertiary/aromatic N) is 1. The molecule has 142 valence electrons. The number of ether oxygens (including phenoxy) is 2. The van der Waals surface area contributed by atoms with Gasteiger partial charge in [-0.15, -0.1) is 0 Å². The van der Waals surface area contributed by atoms with E-state index in [1.807, 2.05) is 37.3 Å². The first-order chi connectivity index (χ1) is 13.1. The molecule has 27 heavy (non-hydrogen) atoms. The van der Waals surface area contributed by atoms with Crippen molar-refractivity contribution >= 4 is 17.5 Å². The summed E-state index contributed by atoms with van der Waals surface area (Å²) in [6.07, 6.45) is 1.42. The van der Waals surface area contributed by atoms with Crippen LogP contribution >= 0.6 is 0 Å². The molecule has 1 saturated heterocycles. The van der Waals surface area contributed by atoms with Gasteiger partial charge in [0.05, 0.1) is 13.2 Å². The van der Waals surface area contributed by atoms with Crippen LogP contribution in [0.25, 0.3) is 0 Å². The Morgan fingerprint density at radius 1 is 1.19 bits per heavy atom. The van der Waals surface area contributed by atoms with Crippen LogP contribution in [0.15, 0.2) is 48.5 Å². The van der Waals surface area contributed by atoms with Crippen molar-refractivity contribution in [3.05, 3.63) is 54.1 Å². The van der Waals surface area contributed by atoms with Crippen LogP contribution in [-0.4, -0.2) is 38.1 Å². The lowest BCUT2D eigenvalue weighted by molar-refractivity contribution is -0.117. The number of rotatable bonds is 7. The molecule has 1 heterocycles. The molecule has 2 aromatic carbocycles. The first-order valence-electron chi connectivity index (χ1n) is 9.05.